The van der Waals surface area contributed by atoms with Gasteiger partial charge in [0.05, 0.1) is 4.75 Å². The summed E-state index contributed by atoms with van der Waals surface area (Å²) in [5.41, 5.74) is 9.98. The summed E-state index contributed by atoms with van der Waals surface area (Å²) in [7, 11) is 0. The third-order valence-electron chi connectivity index (χ3n) is 9.39. The lowest BCUT2D eigenvalue weighted by Gasteiger charge is -2.35. The van der Waals surface area contributed by atoms with Crippen LogP contribution in [-0.2, 0) is 26.5 Å². The first-order chi connectivity index (χ1) is 24.5. The van der Waals surface area contributed by atoms with E-state index in [1.807, 2.05) is 78.5 Å². The summed E-state index contributed by atoms with van der Waals surface area (Å²) >= 11 is 1.85. The molecule has 0 aliphatic heterocycles. The molecule has 6 aromatic carbocycles. The average molecular weight is 676 g/mol. The van der Waals surface area contributed by atoms with Crippen molar-refractivity contribution in [2.45, 2.75) is 28.9 Å². The number of nitrogens with one attached hydrogen (secondary N) is 1. The number of alkyl carbamates (subject to hydrolysis) is 1. The molecule has 1 aliphatic carbocycles. The van der Waals surface area contributed by atoms with Crippen molar-refractivity contribution in [2.75, 3.05) is 6.61 Å². The lowest BCUT2D eigenvalue weighted by molar-refractivity contribution is -0.139. The quantitative estimate of drug-likeness (QED) is 0.126. The number of carboxylic acid groups (broad SMARTS) is 1. The summed E-state index contributed by atoms with van der Waals surface area (Å²) in [5, 5.41) is 12.6. The van der Waals surface area contributed by atoms with Crippen LogP contribution in [0.25, 0.3) is 11.1 Å². The van der Waals surface area contributed by atoms with Gasteiger partial charge >= 0.3 is 12.1 Å². The van der Waals surface area contributed by atoms with E-state index in [9.17, 15) is 14.7 Å². The molecule has 1 amide bonds. The van der Waals surface area contributed by atoms with Gasteiger partial charge in [0, 0.05) is 18.1 Å². The van der Waals surface area contributed by atoms with Crippen LogP contribution in [0.2, 0.25) is 0 Å². The standard InChI is InChI=1S/C44H37NO4S/c46-42(47)41(45-43(48)49-29-40-38-22-12-10-20-36(38)37-21-11-13-23-39(37)40)28-31-24-26-32(27-25-31)30-50-44(33-14-4-1-5-15-33,34-16-6-2-7-17-34)35-18-8-3-9-19-35/h1-27,40-41H,28-30H2,(H,45,48)(H,46,47)/t41-/m0/s1. The van der Waals surface area contributed by atoms with Crippen LogP contribution in [0, 0.1) is 0 Å². The van der Waals surface area contributed by atoms with E-state index in [0.29, 0.717) is 0 Å². The fraction of sp³-hybridized carbons (Fsp3) is 0.136. The van der Waals surface area contributed by atoms with Crippen molar-refractivity contribution in [1.29, 1.82) is 0 Å². The molecule has 0 fully saturated rings. The van der Waals surface area contributed by atoms with E-state index in [-0.39, 0.29) is 18.9 Å². The molecule has 6 heteroatoms. The highest BCUT2D eigenvalue weighted by molar-refractivity contribution is 7.99. The molecule has 5 nitrogen and oxygen atoms in total. The van der Waals surface area contributed by atoms with E-state index in [2.05, 4.69) is 102 Å². The number of fused-ring (bicyclic) bond motifs is 3. The van der Waals surface area contributed by atoms with E-state index in [1.165, 1.54) is 16.7 Å². The second-order valence-electron chi connectivity index (χ2n) is 12.4. The Bertz CT molecular complexity index is 1930. The van der Waals surface area contributed by atoms with Crippen molar-refractivity contribution in [1.82, 2.24) is 5.32 Å². The van der Waals surface area contributed by atoms with Gasteiger partial charge < -0.3 is 15.2 Å². The Hall–Kier alpha value is -5.59. The normalized spacial score (nSPS) is 12.8. The maximum atomic E-state index is 12.9. The van der Waals surface area contributed by atoms with Crippen molar-refractivity contribution in [3.63, 3.8) is 0 Å². The highest BCUT2D eigenvalue weighted by Crippen LogP contribution is 2.49. The van der Waals surface area contributed by atoms with Crippen LogP contribution in [0.15, 0.2) is 164 Å². The van der Waals surface area contributed by atoms with Gasteiger partial charge in [-0.25, -0.2) is 9.59 Å². The summed E-state index contributed by atoms with van der Waals surface area (Å²) in [6.45, 7) is 0.120. The molecule has 0 saturated heterocycles. The molecule has 0 bridgehead atoms. The Morgan fingerprint density at radius 1 is 0.620 bits per heavy atom. The van der Waals surface area contributed by atoms with Gasteiger partial charge in [-0.1, -0.05) is 164 Å². The van der Waals surface area contributed by atoms with Gasteiger partial charge in [-0.05, 0) is 50.1 Å². The van der Waals surface area contributed by atoms with Crippen molar-refractivity contribution < 1.29 is 19.4 Å². The molecule has 248 valence electrons. The number of carbonyl (C=O) groups is 2. The predicted octanol–water partition coefficient (Wildman–Crippen LogP) is 9.45. The second kappa shape index (κ2) is 14.9. The summed E-state index contributed by atoms with van der Waals surface area (Å²) in [5.74, 6) is -0.498. The lowest BCUT2D eigenvalue weighted by Crippen LogP contribution is -2.42. The third kappa shape index (κ3) is 6.80. The van der Waals surface area contributed by atoms with Gasteiger partial charge in [0.25, 0.3) is 0 Å². The van der Waals surface area contributed by atoms with Gasteiger partial charge in [0.15, 0.2) is 0 Å². The number of hydrogen-bond donors (Lipinski definition) is 2. The van der Waals surface area contributed by atoms with Crippen molar-refractivity contribution >= 4 is 23.8 Å². The van der Waals surface area contributed by atoms with E-state index in [4.69, 9.17) is 4.74 Å². The molecule has 0 unspecified atom stereocenters. The number of rotatable bonds is 12. The molecule has 0 aromatic heterocycles. The first-order valence-electron chi connectivity index (χ1n) is 16.8. The highest BCUT2D eigenvalue weighted by Gasteiger charge is 2.37. The number of thioether (sulfide) groups is 1. The molecule has 0 spiro atoms. The first kappa shape index (κ1) is 32.9. The van der Waals surface area contributed by atoms with Crippen LogP contribution < -0.4 is 5.32 Å². The Kier molecular flexibility index (Phi) is 9.81. The number of carboxylic acids is 1. The lowest BCUT2D eigenvalue weighted by atomic mass is 9.84. The zero-order valence-electron chi connectivity index (χ0n) is 27.4. The van der Waals surface area contributed by atoms with E-state index in [0.717, 1.165) is 39.1 Å². The SMILES string of the molecule is O=C(N[C@@H](Cc1ccc(CSC(c2ccccc2)(c2ccccc2)c2ccccc2)cc1)C(=O)O)OCC1c2ccccc2-c2ccccc21. The molecule has 50 heavy (non-hydrogen) atoms. The van der Waals surface area contributed by atoms with E-state index < -0.39 is 22.9 Å². The highest BCUT2D eigenvalue weighted by atomic mass is 32.2. The number of ether oxygens (including phenoxy) is 1. The van der Waals surface area contributed by atoms with Gasteiger partial charge in [-0.15, -0.1) is 11.8 Å². The Labute approximate surface area is 297 Å². The molecule has 0 heterocycles. The smallest absolute Gasteiger partial charge is 0.407 e. The number of hydrogen-bond acceptors (Lipinski definition) is 4. The third-order valence-corrected chi connectivity index (χ3v) is 11.0. The van der Waals surface area contributed by atoms with E-state index in [1.54, 1.807) is 0 Å². The van der Waals surface area contributed by atoms with Crippen LogP contribution in [0.1, 0.15) is 44.9 Å². The number of carbonyl (C=O) groups excluding carboxylic acids is 1. The van der Waals surface area contributed by atoms with Crippen LogP contribution in [0.5, 0.6) is 0 Å². The minimum atomic E-state index is -1.13. The Morgan fingerprint density at radius 2 is 1.06 bits per heavy atom. The van der Waals surface area contributed by atoms with Gasteiger partial charge in [0.1, 0.15) is 12.6 Å². The largest absolute Gasteiger partial charge is 0.480 e. The summed E-state index contributed by atoms with van der Waals surface area (Å²) in [6, 6.07) is 54.8. The zero-order valence-corrected chi connectivity index (χ0v) is 28.3. The Balaban J connectivity index is 1.03. The molecule has 0 radical (unpaired) electrons. The maximum absolute atomic E-state index is 12.9. The summed E-state index contributed by atoms with van der Waals surface area (Å²) in [6.07, 6.45) is -0.610. The van der Waals surface area contributed by atoms with Crippen molar-refractivity contribution in [3.8, 4) is 11.1 Å². The van der Waals surface area contributed by atoms with Crippen LogP contribution >= 0.6 is 11.8 Å². The average Bonchev–Trinajstić information content (AvgIpc) is 3.49. The van der Waals surface area contributed by atoms with Gasteiger partial charge in [-0.3, -0.25) is 0 Å². The molecular formula is C44H37NO4S. The molecule has 2 N–H and O–H groups in total. The molecular weight excluding hydrogens is 639 g/mol. The zero-order chi connectivity index (χ0) is 34.3. The molecule has 1 atom stereocenters. The minimum absolute atomic E-state index is 0.105. The predicted molar refractivity (Wildman–Crippen MR) is 200 cm³/mol. The topological polar surface area (TPSA) is 75.6 Å². The van der Waals surface area contributed by atoms with Crippen molar-refractivity contribution in [3.05, 3.63) is 203 Å². The monoisotopic (exact) mass is 675 g/mol. The van der Waals surface area contributed by atoms with Crippen molar-refractivity contribution in [2.24, 2.45) is 0 Å². The minimum Gasteiger partial charge on any atom is -0.480 e. The fourth-order valence-electron chi connectivity index (χ4n) is 6.95. The summed E-state index contributed by atoms with van der Waals surface area (Å²) < 4.78 is 5.19. The first-order valence-corrected chi connectivity index (χ1v) is 17.7. The number of benzene rings is 6. The Morgan fingerprint density at radius 3 is 1.54 bits per heavy atom. The fourth-order valence-corrected chi connectivity index (χ4v) is 8.43. The summed E-state index contributed by atoms with van der Waals surface area (Å²) in [4.78, 5) is 25.2. The van der Waals surface area contributed by atoms with Crippen LogP contribution in [0.4, 0.5) is 4.79 Å². The molecule has 7 rings (SSSR count). The van der Waals surface area contributed by atoms with Gasteiger partial charge in [-0.2, -0.15) is 0 Å². The molecule has 6 aromatic rings. The molecule has 1 aliphatic rings. The van der Waals surface area contributed by atoms with Crippen LogP contribution in [0.3, 0.4) is 0 Å². The maximum Gasteiger partial charge on any atom is 0.407 e. The number of aliphatic carboxylic acids is 1. The van der Waals surface area contributed by atoms with Crippen LogP contribution in [-0.4, -0.2) is 29.8 Å². The van der Waals surface area contributed by atoms with E-state index >= 15 is 0 Å². The molecule has 0 saturated carbocycles. The number of amides is 1. The van der Waals surface area contributed by atoms with Gasteiger partial charge in [0.2, 0.25) is 0 Å². The second-order valence-corrected chi connectivity index (χ2v) is 13.6.